The summed E-state index contributed by atoms with van der Waals surface area (Å²) in [6, 6.07) is 0. The molecule has 0 amide bonds. The number of carboxylic acids is 1. The van der Waals surface area contributed by atoms with Crippen LogP contribution in [-0.2, 0) is 28.7 Å². The molecule has 0 bridgehead atoms. The molecule has 0 spiro atoms. The first-order valence-corrected chi connectivity index (χ1v) is 5.66. The van der Waals surface area contributed by atoms with Crippen LogP contribution in [0.15, 0.2) is 5.16 Å². The van der Waals surface area contributed by atoms with Crippen molar-refractivity contribution in [3.8, 4) is 0 Å². The minimum absolute atomic E-state index is 0.315. The highest BCUT2D eigenvalue weighted by molar-refractivity contribution is 7.86. The molecule has 0 aliphatic heterocycles. The predicted octanol–water partition coefficient (Wildman–Crippen LogP) is -0.991. The largest absolute Gasteiger partial charge is 0.476 e. The lowest BCUT2D eigenvalue weighted by Gasteiger charge is -2.02. The maximum Gasteiger partial charge on any atom is 0.361 e. The van der Waals surface area contributed by atoms with Crippen molar-refractivity contribution in [3.05, 3.63) is 0 Å². The van der Waals surface area contributed by atoms with Gasteiger partial charge in [-0.15, -0.1) is 0 Å². The van der Waals surface area contributed by atoms with Gasteiger partial charge in [0.25, 0.3) is 10.1 Å². The maximum absolute atomic E-state index is 11.2. The number of carbonyl (C=O) groups is 2. The Hall–Kier alpha value is -1.48. The van der Waals surface area contributed by atoms with Crippen molar-refractivity contribution < 1.29 is 32.1 Å². The van der Waals surface area contributed by atoms with Crippen molar-refractivity contribution >= 4 is 27.6 Å². The normalized spacial score (nSPS) is 12.2. The second-order valence-electron chi connectivity index (χ2n) is 2.46. The molecule has 0 unspecified atom stereocenters. The van der Waals surface area contributed by atoms with Gasteiger partial charge in [0.05, 0.1) is 5.75 Å². The van der Waals surface area contributed by atoms with E-state index in [0.29, 0.717) is 0 Å². The van der Waals surface area contributed by atoms with Crippen LogP contribution < -0.4 is 0 Å². The van der Waals surface area contributed by atoms with Crippen LogP contribution in [0.1, 0.15) is 6.92 Å². The van der Waals surface area contributed by atoms with Crippen LogP contribution in [0, 0.1) is 0 Å². The molecule has 0 fully saturated rings. The van der Waals surface area contributed by atoms with E-state index in [1.807, 2.05) is 0 Å². The van der Waals surface area contributed by atoms with Gasteiger partial charge in [-0.25, -0.2) is 4.79 Å². The van der Waals surface area contributed by atoms with Gasteiger partial charge in [0.2, 0.25) is 11.5 Å². The second-order valence-corrected chi connectivity index (χ2v) is 4.39. The highest BCUT2D eigenvalue weighted by Gasteiger charge is 2.22. The Morgan fingerprint density at radius 2 is 1.94 bits per heavy atom. The summed E-state index contributed by atoms with van der Waals surface area (Å²) in [5, 5.41) is 11.5. The third-order valence-electron chi connectivity index (χ3n) is 1.37. The topological polar surface area (TPSA) is 119 Å². The number of oxime groups is 1. The number of nitrogens with zero attached hydrogens (tertiary/aromatic N) is 1. The Bertz CT molecular complexity index is 397. The molecule has 0 rings (SSSR count). The number of rotatable bonds is 7. The molecule has 0 heterocycles. The lowest BCUT2D eigenvalue weighted by molar-refractivity contribution is -0.130. The van der Waals surface area contributed by atoms with Crippen molar-refractivity contribution in [1.29, 1.82) is 0 Å². The fourth-order valence-electron chi connectivity index (χ4n) is 0.596. The molecule has 1 N–H and O–H groups in total. The van der Waals surface area contributed by atoms with Gasteiger partial charge in [-0.1, -0.05) is 5.16 Å². The first-order valence-electron chi connectivity index (χ1n) is 4.08. The number of hydrogen-bond acceptors (Lipinski definition) is 7. The molecule has 0 atom stereocenters. The van der Waals surface area contributed by atoms with E-state index in [9.17, 15) is 18.0 Å². The Balaban J connectivity index is 4.58. The summed E-state index contributed by atoms with van der Waals surface area (Å²) in [6.07, 6.45) is 0. The lowest BCUT2D eigenvalue weighted by atomic mass is 10.2. The quantitative estimate of drug-likeness (QED) is 0.267. The van der Waals surface area contributed by atoms with Gasteiger partial charge in [-0.2, -0.15) is 8.42 Å². The van der Waals surface area contributed by atoms with Gasteiger partial charge in [0.15, 0.2) is 0 Å². The zero-order valence-corrected chi connectivity index (χ0v) is 9.48. The Kier molecular flexibility index (Phi) is 5.61. The Labute approximate surface area is 92.0 Å². The van der Waals surface area contributed by atoms with Gasteiger partial charge in [-0.3, -0.25) is 8.98 Å². The van der Waals surface area contributed by atoms with Crippen molar-refractivity contribution in [3.63, 3.8) is 0 Å². The van der Waals surface area contributed by atoms with Crippen LogP contribution in [0.3, 0.4) is 0 Å². The number of hydrogen-bond donors (Lipinski definition) is 1. The zero-order valence-electron chi connectivity index (χ0n) is 8.67. The van der Waals surface area contributed by atoms with Crippen molar-refractivity contribution in [2.75, 3.05) is 19.5 Å². The van der Waals surface area contributed by atoms with Gasteiger partial charge in [-0.05, 0) is 6.92 Å². The summed E-state index contributed by atoms with van der Waals surface area (Å²) < 4.78 is 26.0. The second kappa shape index (κ2) is 6.18. The molecule has 8 nitrogen and oxygen atoms in total. The molecule has 0 saturated heterocycles. The van der Waals surface area contributed by atoms with Gasteiger partial charge in [0.1, 0.15) is 13.7 Å². The minimum Gasteiger partial charge on any atom is -0.476 e. The summed E-state index contributed by atoms with van der Waals surface area (Å²) in [6.45, 7) is 0.409. The summed E-state index contributed by atoms with van der Waals surface area (Å²) in [5.41, 5.74) is -0.922. The van der Waals surface area contributed by atoms with Gasteiger partial charge >= 0.3 is 5.97 Å². The van der Waals surface area contributed by atoms with Crippen LogP contribution in [0.5, 0.6) is 0 Å². The van der Waals surface area contributed by atoms with E-state index < -0.39 is 34.2 Å². The first kappa shape index (κ1) is 14.5. The number of ketones is 1. The predicted molar refractivity (Wildman–Crippen MR) is 52.5 cm³/mol. The number of aliphatic carboxylic acids is 1. The van der Waals surface area contributed by atoms with E-state index in [-0.39, 0.29) is 5.75 Å². The Morgan fingerprint density at radius 1 is 1.38 bits per heavy atom. The Morgan fingerprint density at radius 3 is 2.31 bits per heavy atom. The average molecular weight is 253 g/mol. The monoisotopic (exact) mass is 253 g/mol. The molecule has 0 aromatic rings. The highest BCUT2D eigenvalue weighted by atomic mass is 32.2. The molecule has 16 heavy (non-hydrogen) atoms. The molecule has 9 heteroatoms. The fourth-order valence-corrected chi connectivity index (χ4v) is 1.05. The van der Waals surface area contributed by atoms with E-state index in [1.165, 1.54) is 6.92 Å². The average Bonchev–Trinajstić information content (AvgIpc) is 2.22. The SMILES string of the molecule is CCS(=O)(=O)OCC(=O)/C(=N/OC)C(=O)O. The third kappa shape index (κ3) is 4.84. The van der Waals surface area contributed by atoms with E-state index in [0.717, 1.165) is 7.11 Å². The van der Waals surface area contributed by atoms with E-state index >= 15 is 0 Å². The highest BCUT2D eigenvalue weighted by Crippen LogP contribution is 1.94. The minimum atomic E-state index is -3.80. The van der Waals surface area contributed by atoms with E-state index in [1.54, 1.807) is 0 Å². The summed E-state index contributed by atoms with van der Waals surface area (Å²) in [4.78, 5) is 25.8. The van der Waals surface area contributed by atoms with Crippen LogP contribution in [-0.4, -0.2) is 50.5 Å². The van der Waals surface area contributed by atoms with Crippen LogP contribution in [0.4, 0.5) is 0 Å². The molecule has 0 saturated carbocycles. The van der Waals surface area contributed by atoms with Crippen molar-refractivity contribution in [2.45, 2.75) is 6.92 Å². The molecule has 0 radical (unpaired) electrons. The van der Waals surface area contributed by atoms with Crippen LogP contribution >= 0.6 is 0 Å². The number of Topliss-reactive ketones (excluding diaryl/α,β-unsaturated/α-hetero) is 1. The van der Waals surface area contributed by atoms with Gasteiger partial charge in [0, 0.05) is 0 Å². The number of carbonyl (C=O) groups excluding carboxylic acids is 1. The molecule has 0 aliphatic rings. The molecule has 92 valence electrons. The summed E-state index contributed by atoms with van der Waals surface area (Å²) >= 11 is 0. The maximum atomic E-state index is 11.2. The molecular formula is C7H11NO7S. The summed E-state index contributed by atoms with van der Waals surface area (Å²) in [7, 11) is -2.74. The number of carboxylic acid groups (broad SMARTS) is 1. The van der Waals surface area contributed by atoms with Gasteiger partial charge < -0.3 is 9.94 Å². The molecule has 0 aromatic carbocycles. The van der Waals surface area contributed by atoms with Crippen molar-refractivity contribution in [1.82, 2.24) is 0 Å². The van der Waals surface area contributed by atoms with E-state index in [2.05, 4.69) is 14.2 Å². The standard InChI is InChI=1S/C7H11NO7S/c1-3-16(12,13)15-4-5(9)6(7(10)11)8-14-2/h3-4H2,1-2H3,(H,10,11)/b8-6-. The van der Waals surface area contributed by atoms with E-state index in [4.69, 9.17) is 5.11 Å². The zero-order chi connectivity index (χ0) is 12.8. The molecule has 0 aromatic heterocycles. The first-order chi connectivity index (χ1) is 7.34. The summed E-state index contributed by atoms with van der Waals surface area (Å²) in [5.74, 6) is -3.03. The van der Waals surface area contributed by atoms with Crippen LogP contribution in [0.2, 0.25) is 0 Å². The molecule has 0 aliphatic carbocycles. The third-order valence-corrected chi connectivity index (χ3v) is 2.56. The molecular weight excluding hydrogens is 242 g/mol. The fraction of sp³-hybridized carbons (Fsp3) is 0.571. The lowest BCUT2D eigenvalue weighted by Crippen LogP contribution is -2.29. The van der Waals surface area contributed by atoms with Crippen molar-refractivity contribution in [2.24, 2.45) is 5.16 Å². The van der Waals surface area contributed by atoms with Crippen LogP contribution in [0.25, 0.3) is 0 Å². The smallest absolute Gasteiger partial charge is 0.361 e.